The summed E-state index contributed by atoms with van der Waals surface area (Å²) in [6.07, 6.45) is 0.835. The third-order valence-corrected chi connectivity index (χ3v) is 6.63. The Labute approximate surface area is 183 Å². The number of ether oxygens (including phenoxy) is 1. The van der Waals surface area contributed by atoms with Gasteiger partial charge in [0.25, 0.3) is 5.91 Å². The summed E-state index contributed by atoms with van der Waals surface area (Å²) < 4.78 is 5.24. The van der Waals surface area contributed by atoms with Crippen molar-refractivity contribution in [3.8, 4) is 5.75 Å². The molecule has 31 heavy (non-hydrogen) atoms. The molecule has 4 nitrogen and oxygen atoms in total. The molecule has 0 radical (unpaired) electrons. The Morgan fingerprint density at radius 1 is 0.903 bits per heavy atom. The average Bonchev–Trinajstić information content (AvgIpc) is 3.06. The van der Waals surface area contributed by atoms with Gasteiger partial charge in [0.15, 0.2) is 0 Å². The first-order chi connectivity index (χ1) is 14.8. The molecule has 156 valence electrons. The molecule has 3 aromatic rings. The number of carbonyl (C=O) groups is 1. The Morgan fingerprint density at radius 3 is 2.29 bits per heavy atom. The zero-order chi connectivity index (χ0) is 21.8. The molecule has 0 spiro atoms. The molecule has 0 fully saturated rings. The highest BCUT2D eigenvalue weighted by atomic mass is 16.5. The number of hydrogen-bond donors (Lipinski definition) is 0. The number of benzene rings is 3. The van der Waals surface area contributed by atoms with Crippen molar-refractivity contribution < 1.29 is 9.53 Å². The molecule has 2 aliphatic heterocycles. The summed E-state index contributed by atoms with van der Waals surface area (Å²) >= 11 is 0. The molecule has 1 atom stereocenters. The lowest BCUT2D eigenvalue weighted by atomic mass is 9.65. The standard InChI is InChI=1S/C27H26N2O2/c1-26(2)17-27(3,18-9-6-5-7-10-18)22-12-8-11-21-23(25(30)29(26)24(21)22)28-19-13-15-20(31-4)16-14-19/h5-16H,17H2,1-4H3. The maximum absolute atomic E-state index is 13.6. The number of carbonyl (C=O) groups excluding carboxylic acids is 1. The van der Waals surface area contributed by atoms with E-state index in [2.05, 4.69) is 51.1 Å². The van der Waals surface area contributed by atoms with Crippen molar-refractivity contribution in [2.75, 3.05) is 12.0 Å². The number of rotatable bonds is 3. The second kappa shape index (κ2) is 6.81. The van der Waals surface area contributed by atoms with Crippen molar-refractivity contribution in [2.45, 2.75) is 38.1 Å². The molecule has 0 aliphatic carbocycles. The first-order valence-electron chi connectivity index (χ1n) is 10.6. The van der Waals surface area contributed by atoms with E-state index < -0.39 is 0 Å². The van der Waals surface area contributed by atoms with Gasteiger partial charge in [-0.3, -0.25) is 4.79 Å². The molecule has 3 aromatic carbocycles. The normalized spacial score (nSPS) is 22.5. The van der Waals surface area contributed by atoms with Crippen molar-refractivity contribution in [3.05, 3.63) is 89.5 Å². The van der Waals surface area contributed by atoms with Crippen LogP contribution in [0.5, 0.6) is 5.75 Å². The third kappa shape index (κ3) is 2.89. The second-order valence-corrected chi connectivity index (χ2v) is 9.19. The van der Waals surface area contributed by atoms with Crippen molar-refractivity contribution in [2.24, 2.45) is 4.99 Å². The molecule has 1 unspecified atom stereocenters. The van der Waals surface area contributed by atoms with Crippen LogP contribution in [0.4, 0.5) is 11.4 Å². The summed E-state index contributed by atoms with van der Waals surface area (Å²) in [5.41, 5.74) is 5.07. The van der Waals surface area contributed by atoms with Crippen LogP contribution in [0.15, 0.2) is 77.8 Å². The van der Waals surface area contributed by atoms with Gasteiger partial charge in [0.05, 0.1) is 18.5 Å². The van der Waals surface area contributed by atoms with Gasteiger partial charge in [-0.05, 0) is 55.7 Å². The largest absolute Gasteiger partial charge is 0.497 e. The fourth-order valence-electron chi connectivity index (χ4n) is 5.32. The van der Waals surface area contributed by atoms with E-state index in [1.165, 1.54) is 11.1 Å². The fraction of sp³-hybridized carbons (Fsp3) is 0.259. The Morgan fingerprint density at radius 2 is 1.61 bits per heavy atom. The van der Waals surface area contributed by atoms with E-state index in [4.69, 9.17) is 9.73 Å². The van der Waals surface area contributed by atoms with Gasteiger partial charge in [0, 0.05) is 16.5 Å². The van der Waals surface area contributed by atoms with Gasteiger partial charge in [-0.25, -0.2) is 4.99 Å². The van der Waals surface area contributed by atoms with Gasteiger partial charge in [-0.2, -0.15) is 0 Å². The van der Waals surface area contributed by atoms with Crippen LogP contribution in [0, 0.1) is 0 Å². The summed E-state index contributed by atoms with van der Waals surface area (Å²) in [5.74, 6) is 0.738. The number of hydrogen-bond acceptors (Lipinski definition) is 3. The van der Waals surface area contributed by atoms with E-state index >= 15 is 0 Å². The Kier molecular flexibility index (Phi) is 4.30. The van der Waals surface area contributed by atoms with E-state index in [1.54, 1.807) is 7.11 Å². The fourth-order valence-corrected chi connectivity index (χ4v) is 5.32. The van der Waals surface area contributed by atoms with E-state index in [9.17, 15) is 4.79 Å². The molecular weight excluding hydrogens is 384 g/mol. The van der Waals surface area contributed by atoms with E-state index in [0.717, 1.165) is 29.1 Å². The zero-order valence-corrected chi connectivity index (χ0v) is 18.3. The first kappa shape index (κ1) is 19.6. The van der Waals surface area contributed by atoms with Gasteiger partial charge in [-0.1, -0.05) is 55.5 Å². The molecule has 2 heterocycles. The second-order valence-electron chi connectivity index (χ2n) is 9.19. The molecule has 0 N–H and O–H groups in total. The number of amides is 1. The third-order valence-electron chi connectivity index (χ3n) is 6.63. The number of aliphatic imine (C=N–C) groups is 1. The van der Waals surface area contributed by atoms with Crippen molar-refractivity contribution >= 4 is 23.0 Å². The van der Waals surface area contributed by atoms with Crippen LogP contribution in [-0.4, -0.2) is 24.3 Å². The first-order valence-corrected chi connectivity index (χ1v) is 10.6. The summed E-state index contributed by atoms with van der Waals surface area (Å²) in [7, 11) is 1.64. The maximum Gasteiger partial charge on any atom is 0.278 e. The molecule has 0 saturated heterocycles. The van der Waals surface area contributed by atoms with Crippen LogP contribution in [0.3, 0.4) is 0 Å². The van der Waals surface area contributed by atoms with Crippen LogP contribution in [0.25, 0.3) is 0 Å². The highest BCUT2D eigenvalue weighted by Gasteiger charge is 2.52. The predicted octanol–water partition coefficient (Wildman–Crippen LogP) is 5.65. The Bertz CT molecular complexity index is 1200. The minimum absolute atomic E-state index is 0.0293. The van der Waals surface area contributed by atoms with E-state index in [-0.39, 0.29) is 16.9 Å². The van der Waals surface area contributed by atoms with Gasteiger partial charge in [-0.15, -0.1) is 0 Å². The minimum atomic E-state index is -0.345. The van der Waals surface area contributed by atoms with Gasteiger partial charge in [0.1, 0.15) is 11.5 Å². The highest BCUT2D eigenvalue weighted by Crippen LogP contribution is 2.53. The van der Waals surface area contributed by atoms with Gasteiger partial charge >= 0.3 is 0 Å². The summed E-state index contributed by atoms with van der Waals surface area (Å²) in [6, 6.07) is 24.3. The number of para-hydroxylation sites is 1. The van der Waals surface area contributed by atoms with E-state index in [0.29, 0.717) is 5.71 Å². The van der Waals surface area contributed by atoms with Crippen molar-refractivity contribution in [1.29, 1.82) is 0 Å². The smallest absolute Gasteiger partial charge is 0.278 e. The summed E-state index contributed by atoms with van der Waals surface area (Å²) in [4.78, 5) is 20.4. The highest BCUT2D eigenvalue weighted by molar-refractivity contribution is 6.55. The van der Waals surface area contributed by atoms with E-state index in [1.807, 2.05) is 47.4 Å². The molecule has 0 bridgehead atoms. The van der Waals surface area contributed by atoms with Crippen LogP contribution >= 0.6 is 0 Å². The van der Waals surface area contributed by atoms with Crippen LogP contribution in [0.2, 0.25) is 0 Å². The molecule has 4 heteroatoms. The molecule has 5 rings (SSSR count). The predicted molar refractivity (Wildman–Crippen MR) is 125 cm³/mol. The summed E-state index contributed by atoms with van der Waals surface area (Å²) in [6.45, 7) is 6.60. The number of methoxy groups -OCH3 is 1. The monoisotopic (exact) mass is 410 g/mol. The maximum atomic E-state index is 13.6. The minimum Gasteiger partial charge on any atom is -0.497 e. The zero-order valence-electron chi connectivity index (χ0n) is 18.3. The SMILES string of the molecule is COc1ccc(N=C2C(=O)N3c4c2cccc4C(C)(c2ccccc2)CC3(C)C)cc1. The lowest BCUT2D eigenvalue weighted by Crippen LogP contribution is -2.54. The number of anilines is 1. The van der Waals surface area contributed by atoms with Gasteiger partial charge in [0.2, 0.25) is 0 Å². The molecule has 2 aliphatic rings. The Balaban J connectivity index is 1.71. The molecule has 1 amide bonds. The Hall–Kier alpha value is -3.40. The average molecular weight is 411 g/mol. The molecule has 0 aromatic heterocycles. The van der Waals surface area contributed by atoms with Crippen molar-refractivity contribution in [1.82, 2.24) is 0 Å². The quantitative estimate of drug-likeness (QED) is 0.560. The topological polar surface area (TPSA) is 41.9 Å². The van der Waals surface area contributed by atoms with Crippen LogP contribution < -0.4 is 9.64 Å². The van der Waals surface area contributed by atoms with Crippen LogP contribution in [0.1, 0.15) is 43.9 Å². The molecular formula is C27H26N2O2. The lowest BCUT2D eigenvalue weighted by Gasteiger charge is -2.49. The van der Waals surface area contributed by atoms with Gasteiger partial charge < -0.3 is 9.64 Å². The van der Waals surface area contributed by atoms with Crippen LogP contribution in [-0.2, 0) is 10.2 Å². The summed E-state index contributed by atoms with van der Waals surface area (Å²) in [5, 5.41) is 0. The van der Waals surface area contributed by atoms with Crippen molar-refractivity contribution in [3.63, 3.8) is 0 Å². The molecule has 0 saturated carbocycles. The lowest BCUT2D eigenvalue weighted by molar-refractivity contribution is -0.113. The number of nitrogens with zero attached hydrogens (tertiary/aromatic N) is 2.